The van der Waals surface area contributed by atoms with Gasteiger partial charge in [-0.3, -0.25) is 0 Å². The Labute approximate surface area is 120 Å². The van der Waals surface area contributed by atoms with E-state index in [-0.39, 0.29) is 0 Å². The topological polar surface area (TPSA) is 24.1 Å². The van der Waals surface area contributed by atoms with Crippen LogP contribution in [-0.4, -0.2) is 13.1 Å². The first-order valence-corrected chi connectivity index (χ1v) is 7.55. The van der Waals surface area contributed by atoms with E-state index in [0.29, 0.717) is 5.92 Å². The van der Waals surface area contributed by atoms with Gasteiger partial charge in [-0.15, -0.1) is 0 Å². The normalized spacial score (nSPS) is 18.9. The predicted octanol–water partition coefficient (Wildman–Crippen LogP) is 3.08. The summed E-state index contributed by atoms with van der Waals surface area (Å²) >= 11 is 0. The highest BCUT2D eigenvalue weighted by Gasteiger charge is 2.24. The molecule has 1 heterocycles. The average molecular weight is 264 g/mol. The van der Waals surface area contributed by atoms with Gasteiger partial charge in [0.1, 0.15) is 0 Å². The van der Waals surface area contributed by atoms with Crippen LogP contribution in [0.2, 0.25) is 0 Å². The molecule has 0 fully saturated rings. The minimum absolute atomic E-state index is 0.705. The molecule has 1 aliphatic heterocycles. The van der Waals surface area contributed by atoms with E-state index in [2.05, 4.69) is 53.1 Å². The SMILES string of the molecule is c1ccc2c(c1)CC2CNCc1cccc2c1NCC2. The monoisotopic (exact) mass is 264 g/mol. The first kappa shape index (κ1) is 12.0. The summed E-state index contributed by atoms with van der Waals surface area (Å²) in [4.78, 5) is 0. The second-order valence-corrected chi connectivity index (χ2v) is 5.86. The molecule has 0 saturated heterocycles. The summed E-state index contributed by atoms with van der Waals surface area (Å²) in [5, 5.41) is 7.14. The van der Waals surface area contributed by atoms with Crippen molar-refractivity contribution in [3.05, 3.63) is 64.7 Å². The molecule has 102 valence electrons. The van der Waals surface area contributed by atoms with Crippen LogP contribution in [0.25, 0.3) is 0 Å². The molecule has 0 aromatic heterocycles. The van der Waals surface area contributed by atoms with E-state index in [1.54, 1.807) is 0 Å². The Morgan fingerprint density at radius 2 is 1.95 bits per heavy atom. The lowest BCUT2D eigenvalue weighted by Gasteiger charge is -2.30. The Balaban J connectivity index is 1.38. The summed E-state index contributed by atoms with van der Waals surface area (Å²) < 4.78 is 0. The summed E-state index contributed by atoms with van der Waals surface area (Å²) in [5.41, 5.74) is 7.32. The smallest absolute Gasteiger partial charge is 0.0419 e. The van der Waals surface area contributed by atoms with Gasteiger partial charge < -0.3 is 10.6 Å². The Morgan fingerprint density at radius 1 is 1.05 bits per heavy atom. The van der Waals surface area contributed by atoms with Crippen molar-refractivity contribution in [1.82, 2.24) is 5.32 Å². The third-order valence-corrected chi connectivity index (χ3v) is 4.60. The van der Waals surface area contributed by atoms with Crippen LogP contribution in [0.5, 0.6) is 0 Å². The van der Waals surface area contributed by atoms with Gasteiger partial charge in [-0.1, -0.05) is 42.5 Å². The Hall–Kier alpha value is -1.80. The van der Waals surface area contributed by atoms with Crippen molar-refractivity contribution in [2.24, 2.45) is 0 Å². The van der Waals surface area contributed by atoms with Gasteiger partial charge in [0.15, 0.2) is 0 Å². The van der Waals surface area contributed by atoms with Crippen LogP contribution in [0.4, 0.5) is 5.69 Å². The van der Waals surface area contributed by atoms with Crippen molar-refractivity contribution in [2.75, 3.05) is 18.4 Å². The van der Waals surface area contributed by atoms with Crippen LogP contribution in [0.1, 0.15) is 28.2 Å². The third-order valence-electron chi connectivity index (χ3n) is 4.60. The molecule has 0 bridgehead atoms. The molecule has 1 atom stereocenters. The number of hydrogen-bond donors (Lipinski definition) is 2. The Kier molecular flexibility index (Phi) is 2.96. The van der Waals surface area contributed by atoms with Crippen molar-refractivity contribution in [2.45, 2.75) is 25.3 Å². The highest BCUT2D eigenvalue weighted by Crippen LogP contribution is 2.34. The molecule has 2 aromatic carbocycles. The molecule has 0 spiro atoms. The summed E-state index contributed by atoms with van der Waals surface area (Å²) in [5.74, 6) is 0.705. The molecule has 2 heteroatoms. The molecule has 2 nitrogen and oxygen atoms in total. The van der Waals surface area contributed by atoms with Gasteiger partial charge in [0.2, 0.25) is 0 Å². The molecule has 20 heavy (non-hydrogen) atoms. The van der Waals surface area contributed by atoms with Crippen molar-refractivity contribution >= 4 is 5.69 Å². The summed E-state index contributed by atoms with van der Waals surface area (Å²) in [6.45, 7) is 3.14. The average Bonchev–Trinajstić information content (AvgIpc) is 2.93. The van der Waals surface area contributed by atoms with E-state index in [4.69, 9.17) is 0 Å². The Morgan fingerprint density at radius 3 is 2.90 bits per heavy atom. The zero-order valence-corrected chi connectivity index (χ0v) is 11.7. The number of fused-ring (bicyclic) bond motifs is 2. The van der Waals surface area contributed by atoms with Crippen LogP contribution < -0.4 is 10.6 Å². The van der Waals surface area contributed by atoms with E-state index in [1.165, 1.54) is 40.8 Å². The standard InChI is InChI=1S/C18H20N2/c1-2-7-17-14(4-1)10-16(17)12-19-11-15-6-3-5-13-8-9-20-18(13)15/h1-7,16,19-20H,8-12H2. The number of rotatable bonds is 4. The Bertz CT molecular complexity index is 633. The molecule has 0 saturated carbocycles. The maximum Gasteiger partial charge on any atom is 0.0419 e. The first-order valence-electron chi connectivity index (χ1n) is 7.55. The second-order valence-electron chi connectivity index (χ2n) is 5.86. The minimum Gasteiger partial charge on any atom is -0.384 e. The molecule has 2 aromatic rings. The van der Waals surface area contributed by atoms with Crippen LogP contribution in [0.15, 0.2) is 42.5 Å². The van der Waals surface area contributed by atoms with Crippen LogP contribution in [-0.2, 0) is 19.4 Å². The highest BCUT2D eigenvalue weighted by molar-refractivity contribution is 5.61. The number of para-hydroxylation sites is 1. The zero-order chi connectivity index (χ0) is 13.4. The number of hydrogen-bond acceptors (Lipinski definition) is 2. The van der Waals surface area contributed by atoms with E-state index >= 15 is 0 Å². The van der Waals surface area contributed by atoms with Gasteiger partial charge >= 0.3 is 0 Å². The van der Waals surface area contributed by atoms with Gasteiger partial charge in [-0.25, -0.2) is 0 Å². The van der Waals surface area contributed by atoms with Gasteiger partial charge in [0.05, 0.1) is 0 Å². The molecule has 4 rings (SSSR count). The lowest BCUT2D eigenvalue weighted by atomic mass is 9.77. The molecular formula is C18H20N2. The second kappa shape index (κ2) is 4.95. The first-order chi connectivity index (χ1) is 9.92. The van der Waals surface area contributed by atoms with Crippen molar-refractivity contribution in [3.63, 3.8) is 0 Å². The maximum absolute atomic E-state index is 3.63. The van der Waals surface area contributed by atoms with E-state index in [9.17, 15) is 0 Å². The fourth-order valence-electron chi connectivity index (χ4n) is 3.48. The fraction of sp³-hybridized carbons (Fsp3) is 0.333. The quantitative estimate of drug-likeness (QED) is 0.886. The molecule has 0 radical (unpaired) electrons. The van der Waals surface area contributed by atoms with Gasteiger partial charge in [-0.2, -0.15) is 0 Å². The number of benzene rings is 2. The lowest BCUT2D eigenvalue weighted by molar-refractivity contribution is 0.536. The number of anilines is 1. The van der Waals surface area contributed by atoms with Crippen LogP contribution >= 0.6 is 0 Å². The molecule has 2 N–H and O–H groups in total. The van der Waals surface area contributed by atoms with Crippen LogP contribution in [0.3, 0.4) is 0 Å². The highest BCUT2D eigenvalue weighted by atomic mass is 14.9. The third kappa shape index (κ3) is 2.01. The van der Waals surface area contributed by atoms with E-state index in [0.717, 1.165) is 19.6 Å². The van der Waals surface area contributed by atoms with E-state index < -0.39 is 0 Å². The molecule has 2 aliphatic rings. The summed E-state index contributed by atoms with van der Waals surface area (Å²) in [6.07, 6.45) is 2.40. The molecule has 0 amide bonds. The van der Waals surface area contributed by atoms with Crippen molar-refractivity contribution in [3.8, 4) is 0 Å². The molecule has 1 aliphatic carbocycles. The molecule has 1 unspecified atom stereocenters. The minimum atomic E-state index is 0.705. The molecular weight excluding hydrogens is 244 g/mol. The lowest BCUT2D eigenvalue weighted by Crippen LogP contribution is -2.28. The van der Waals surface area contributed by atoms with Gasteiger partial charge in [0.25, 0.3) is 0 Å². The largest absolute Gasteiger partial charge is 0.384 e. The predicted molar refractivity (Wildman–Crippen MR) is 83.2 cm³/mol. The van der Waals surface area contributed by atoms with Crippen molar-refractivity contribution in [1.29, 1.82) is 0 Å². The summed E-state index contributed by atoms with van der Waals surface area (Å²) in [6, 6.07) is 15.5. The van der Waals surface area contributed by atoms with E-state index in [1.807, 2.05) is 0 Å². The van der Waals surface area contributed by atoms with Gasteiger partial charge in [0, 0.05) is 31.2 Å². The fourth-order valence-corrected chi connectivity index (χ4v) is 3.48. The van der Waals surface area contributed by atoms with Crippen molar-refractivity contribution < 1.29 is 0 Å². The number of nitrogens with one attached hydrogen (secondary N) is 2. The van der Waals surface area contributed by atoms with Gasteiger partial charge in [-0.05, 0) is 35.1 Å². The van der Waals surface area contributed by atoms with Crippen LogP contribution in [0, 0.1) is 0 Å². The summed E-state index contributed by atoms with van der Waals surface area (Å²) in [7, 11) is 0. The zero-order valence-electron chi connectivity index (χ0n) is 11.7. The maximum atomic E-state index is 3.63.